The van der Waals surface area contributed by atoms with E-state index in [1.165, 1.54) is 0 Å². The van der Waals surface area contributed by atoms with Gasteiger partial charge in [0.2, 0.25) is 5.91 Å². The number of benzene rings is 3. The molecule has 2 atom stereocenters. The third kappa shape index (κ3) is 6.82. The van der Waals surface area contributed by atoms with Crippen LogP contribution < -0.4 is 21.7 Å². The van der Waals surface area contributed by atoms with Gasteiger partial charge in [0.25, 0.3) is 5.91 Å². The van der Waals surface area contributed by atoms with Gasteiger partial charge in [-0.3, -0.25) is 9.59 Å². The summed E-state index contributed by atoms with van der Waals surface area (Å²) in [6.07, 6.45) is 0.0475. The first-order valence-corrected chi connectivity index (χ1v) is 10.8. The number of halogens is 1. The van der Waals surface area contributed by atoms with E-state index >= 15 is 0 Å². The molecule has 3 aromatic carbocycles. The van der Waals surface area contributed by atoms with Crippen LogP contribution in [0.4, 0.5) is 10.5 Å². The van der Waals surface area contributed by atoms with E-state index in [0.717, 1.165) is 11.1 Å². The maximum absolute atomic E-state index is 12.8. The van der Waals surface area contributed by atoms with Gasteiger partial charge in [-0.25, -0.2) is 4.79 Å². The second-order valence-corrected chi connectivity index (χ2v) is 7.93. The van der Waals surface area contributed by atoms with Gasteiger partial charge in [-0.05, 0) is 42.3 Å². The van der Waals surface area contributed by atoms with E-state index in [9.17, 15) is 14.4 Å². The Labute approximate surface area is 197 Å². The van der Waals surface area contributed by atoms with Crippen LogP contribution in [-0.4, -0.2) is 17.8 Å². The standard InChI is InChI=1S/C25H25ClN4O3/c1-16(17-11-13-19(14-12-17)29-25(27)33)28-23(31)15-22(18-7-3-2-4-8-18)30-24(32)20-9-5-6-10-21(20)26/h2-14,16,22H,15H2,1H3,(H,28,31)(H,30,32)(H3,27,29,33). The minimum atomic E-state index is -0.644. The number of nitrogens with one attached hydrogen (secondary N) is 3. The number of hydrogen-bond donors (Lipinski definition) is 4. The van der Waals surface area contributed by atoms with E-state index in [1.807, 2.05) is 37.3 Å². The monoisotopic (exact) mass is 464 g/mol. The first-order chi connectivity index (χ1) is 15.8. The zero-order chi connectivity index (χ0) is 23.8. The van der Waals surface area contributed by atoms with Gasteiger partial charge < -0.3 is 21.7 Å². The molecule has 170 valence electrons. The molecule has 5 N–H and O–H groups in total. The zero-order valence-electron chi connectivity index (χ0n) is 18.0. The summed E-state index contributed by atoms with van der Waals surface area (Å²) >= 11 is 6.16. The first-order valence-electron chi connectivity index (χ1n) is 10.4. The maximum Gasteiger partial charge on any atom is 0.316 e. The summed E-state index contributed by atoms with van der Waals surface area (Å²) in [4.78, 5) is 36.6. The SMILES string of the molecule is CC(NC(=O)CC(NC(=O)c1ccccc1Cl)c1ccccc1)c1ccc(NC(N)=O)cc1. The summed E-state index contributed by atoms with van der Waals surface area (Å²) in [6.45, 7) is 1.86. The summed E-state index contributed by atoms with van der Waals surface area (Å²) in [5.74, 6) is -0.581. The zero-order valence-corrected chi connectivity index (χ0v) is 18.8. The molecule has 33 heavy (non-hydrogen) atoms. The third-order valence-corrected chi connectivity index (χ3v) is 5.40. The average Bonchev–Trinajstić information content (AvgIpc) is 2.79. The number of amides is 4. The molecule has 0 aliphatic heterocycles. The molecular weight excluding hydrogens is 440 g/mol. The van der Waals surface area contributed by atoms with E-state index in [4.69, 9.17) is 17.3 Å². The lowest BCUT2D eigenvalue weighted by Gasteiger charge is -2.21. The Morgan fingerprint density at radius 1 is 0.848 bits per heavy atom. The summed E-state index contributed by atoms with van der Waals surface area (Å²) in [7, 11) is 0. The largest absolute Gasteiger partial charge is 0.351 e. The predicted octanol–water partition coefficient (Wildman–Crippen LogP) is 4.57. The fourth-order valence-electron chi connectivity index (χ4n) is 3.39. The van der Waals surface area contributed by atoms with Crippen LogP contribution in [0.2, 0.25) is 5.02 Å². The third-order valence-electron chi connectivity index (χ3n) is 5.07. The molecule has 8 heteroatoms. The molecule has 0 radical (unpaired) electrons. The molecule has 0 fully saturated rings. The summed E-state index contributed by atoms with van der Waals surface area (Å²) < 4.78 is 0. The Bertz CT molecular complexity index is 1120. The number of rotatable bonds is 8. The molecule has 0 spiro atoms. The molecule has 4 amide bonds. The van der Waals surface area contributed by atoms with Crippen LogP contribution >= 0.6 is 11.6 Å². The molecule has 2 unspecified atom stereocenters. The lowest BCUT2D eigenvalue weighted by atomic mass is 10.0. The number of anilines is 1. The Morgan fingerprint density at radius 3 is 2.12 bits per heavy atom. The molecular formula is C25H25ClN4O3. The van der Waals surface area contributed by atoms with Crippen molar-refractivity contribution in [2.75, 3.05) is 5.32 Å². The van der Waals surface area contributed by atoms with Crippen LogP contribution in [0.1, 0.15) is 46.9 Å². The second kappa shape index (κ2) is 11.2. The predicted molar refractivity (Wildman–Crippen MR) is 129 cm³/mol. The summed E-state index contributed by atoms with van der Waals surface area (Å²) in [5, 5.41) is 8.71. The van der Waals surface area contributed by atoms with Crippen LogP contribution in [0.25, 0.3) is 0 Å². The Morgan fingerprint density at radius 2 is 1.48 bits per heavy atom. The van der Waals surface area contributed by atoms with Crippen LogP contribution in [0.15, 0.2) is 78.9 Å². The lowest BCUT2D eigenvalue weighted by molar-refractivity contribution is -0.122. The fourth-order valence-corrected chi connectivity index (χ4v) is 3.61. The summed E-state index contributed by atoms with van der Waals surface area (Å²) in [5.41, 5.74) is 7.69. The molecule has 0 heterocycles. The number of carbonyl (C=O) groups excluding carboxylic acids is 3. The van der Waals surface area contributed by atoms with Crippen molar-refractivity contribution in [1.82, 2.24) is 10.6 Å². The van der Waals surface area contributed by atoms with Crippen LogP contribution in [0.3, 0.4) is 0 Å². The Hall–Kier alpha value is -3.84. The minimum Gasteiger partial charge on any atom is -0.351 e. The average molecular weight is 465 g/mol. The molecule has 3 rings (SSSR count). The number of carbonyl (C=O) groups is 3. The van der Waals surface area contributed by atoms with Gasteiger partial charge in [-0.15, -0.1) is 0 Å². The van der Waals surface area contributed by atoms with E-state index in [2.05, 4.69) is 16.0 Å². The van der Waals surface area contributed by atoms with Gasteiger partial charge >= 0.3 is 6.03 Å². The molecule has 0 bridgehead atoms. The van der Waals surface area contributed by atoms with Crippen molar-refractivity contribution in [2.24, 2.45) is 5.73 Å². The number of nitrogens with two attached hydrogens (primary N) is 1. The first kappa shape index (κ1) is 23.8. The van der Waals surface area contributed by atoms with Crippen molar-refractivity contribution in [3.8, 4) is 0 Å². The Balaban J connectivity index is 1.69. The highest BCUT2D eigenvalue weighted by Crippen LogP contribution is 2.22. The van der Waals surface area contributed by atoms with Gasteiger partial charge in [0.05, 0.1) is 29.1 Å². The van der Waals surface area contributed by atoms with Gasteiger partial charge in [0.15, 0.2) is 0 Å². The van der Waals surface area contributed by atoms with Crippen molar-refractivity contribution in [1.29, 1.82) is 0 Å². The van der Waals surface area contributed by atoms with Gasteiger partial charge in [0.1, 0.15) is 0 Å². The maximum atomic E-state index is 12.8. The lowest BCUT2D eigenvalue weighted by Crippen LogP contribution is -2.34. The smallest absolute Gasteiger partial charge is 0.316 e. The van der Waals surface area contributed by atoms with E-state index < -0.39 is 12.1 Å². The van der Waals surface area contributed by atoms with E-state index in [1.54, 1.807) is 48.5 Å². The normalized spacial score (nSPS) is 12.3. The molecule has 0 saturated heterocycles. The van der Waals surface area contributed by atoms with Crippen LogP contribution in [0, 0.1) is 0 Å². The highest BCUT2D eigenvalue weighted by atomic mass is 35.5. The summed E-state index contributed by atoms with van der Waals surface area (Å²) in [6, 6.07) is 21.6. The highest BCUT2D eigenvalue weighted by molar-refractivity contribution is 6.33. The number of urea groups is 1. The van der Waals surface area contributed by atoms with Gasteiger partial charge in [0, 0.05) is 5.69 Å². The van der Waals surface area contributed by atoms with Crippen LogP contribution in [0.5, 0.6) is 0 Å². The van der Waals surface area contributed by atoms with E-state index in [0.29, 0.717) is 16.3 Å². The van der Waals surface area contributed by atoms with Crippen LogP contribution in [-0.2, 0) is 4.79 Å². The topological polar surface area (TPSA) is 113 Å². The van der Waals surface area contributed by atoms with Crippen molar-refractivity contribution in [2.45, 2.75) is 25.4 Å². The molecule has 0 aromatic heterocycles. The fraction of sp³-hybridized carbons (Fsp3) is 0.160. The van der Waals surface area contributed by atoms with Crippen molar-refractivity contribution >= 4 is 35.1 Å². The quantitative estimate of drug-likeness (QED) is 0.391. The van der Waals surface area contributed by atoms with Crippen molar-refractivity contribution in [3.05, 3.63) is 101 Å². The molecule has 0 aliphatic rings. The number of hydrogen-bond acceptors (Lipinski definition) is 3. The minimum absolute atomic E-state index is 0.0475. The van der Waals surface area contributed by atoms with Gasteiger partial charge in [-0.1, -0.05) is 66.2 Å². The van der Waals surface area contributed by atoms with Crippen molar-refractivity contribution < 1.29 is 14.4 Å². The van der Waals surface area contributed by atoms with Crippen molar-refractivity contribution in [3.63, 3.8) is 0 Å². The molecule has 0 saturated carbocycles. The highest BCUT2D eigenvalue weighted by Gasteiger charge is 2.21. The molecule has 0 aliphatic carbocycles. The van der Waals surface area contributed by atoms with E-state index in [-0.39, 0.29) is 24.3 Å². The Kier molecular flexibility index (Phi) is 8.05. The number of primary amides is 1. The molecule has 7 nitrogen and oxygen atoms in total. The van der Waals surface area contributed by atoms with Gasteiger partial charge in [-0.2, -0.15) is 0 Å². The molecule has 3 aromatic rings. The second-order valence-electron chi connectivity index (χ2n) is 7.52.